The Bertz CT molecular complexity index is 271. The maximum absolute atomic E-state index is 5.26. The Kier molecular flexibility index (Phi) is 3.04. The first kappa shape index (κ1) is 8.48. The molecule has 0 amide bonds. The second kappa shape index (κ2) is 4.30. The van der Waals surface area contributed by atoms with Crippen LogP contribution >= 0.6 is 0 Å². The van der Waals surface area contributed by atoms with E-state index in [9.17, 15) is 0 Å². The average Bonchev–Trinajstić information content (AvgIpc) is 2.09. The molecule has 0 fully saturated rings. The highest BCUT2D eigenvalue weighted by Gasteiger charge is 1.91. The van der Waals surface area contributed by atoms with Gasteiger partial charge in [-0.2, -0.15) is 0 Å². The van der Waals surface area contributed by atoms with Gasteiger partial charge in [-0.3, -0.25) is 0 Å². The summed E-state index contributed by atoms with van der Waals surface area (Å²) in [7, 11) is 0. The molecule has 0 aliphatic heterocycles. The smallest absolute Gasteiger partial charge is 0.119 e. The van der Waals surface area contributed by atoms with E-state index >= 15 is 0 Å². The minimum atomic E-state index is 0.682. The molecule has 1 N–H and O–H groups in total. The second-order valence-electron chi connectivity index (χ2n) is 2.23. The summed E-state index contributed by atoms with van der Waals surface area (Å²) in [6, 6.07) is 9.86. The molecule has 0 saturated heterocycles. The summed E-state index contributed by atoms with van der Waals surface area (Å²) >= 11 is 0. The van der Waals surface area contributed by atoms with E-state index in [-0.39, 0.29) is 0 Å². The molecule has 1 aromatic carbocycles. The lowest BCUT2D eigenvalue weighted by atomic mass is 10.3. The molecule has 0 atom stereocenters. The number of ether oxygens (including phenoxy) is 1. The lowest BCUT2D eigenvalue weighted by Gasteiger charge is -2.03. The summed E-state index contributed by atoms with van der Waals surface area (Å²) in [5.41, 5.74) is 0.904. The Hall–Kier alpha value is -1.62. The maximum atomic E-state index is 5.26. The third kappa shape index (κ3) is 2.21. The minimum Gasteiger partial charge on any atom is -0.494 e. The zero-order valence-corrected chi connectivity index (χ0v) is 7.00. The molecule has 0 heterocycles. The van der Waals surface area contributed by atoms with E-state index < -0.39 is 0 Å². The van der Waals surface area contributed by atoms with Crippen molar-refractivity contribution in [1.82, 2.24) is 0 Å². The van der Waals surface area contributed by atoms with E-state index in [1.165, 1.54) is 0 Å². The van der Waals surface area contributed by atoms with Crippen LogP contribution in [0.4, 0.5) is 5.69 Å². The van der Waals surface area contributed by atoms with Gasteiger partial charge in [0, 0.05) is 11.7 Å². The van der Waals surface area contributed by atoms with Crippen LogP contribution in [-0.4, -0.2) is 6.61 Å². The van der Waals surface area contributed by atoms with Crippen LogP contribution in [0.5, 0.6) is 5.75 Å². The van der Waals surface area contributed by atoms with E-state index in [4.69, 9.17) is 11.2 Å². The molecule has 1 aromatic rings. The molecule has 0 unspecified atom stereocenters. The predicted molar refractivity (Wildman–Crippen MR) is 50.1 cm³/mol. The zero-order valence-electron chi connectivity index (χ0n) is 7.00. The summed E-state index contributed by atoms with van der Waals surface area (Å²) in [6.45, 7) is 2.63. The van der Waals surface area contributed by atoms with Gasteiger partial charge in [0.15, 0.2) is 0 Å². The quantitative estimate of drug-likeness (QED) is 0.541. The van der Waals surface area contributed by atoms with Crippen LogP contribution in [0.2, 0.25) is 0 Å². The fourth-order valence-corrected chi connectivity index (χ4v) is 0.884. The second-order valence-corrected chi connectivity index (χ2v) is 2.23. The molecule has 2 nitrogen and oxygen atoms in total. The fraction of sp³-hybridized carbons (Fsp3) is 0.200. The average molecular weight is 161 g/mol. The Balaban J connectivity index is 2.66. The molecule has 12 heavy (non-hydrogen) atoms. The van der Waals surface area contributed by atoms with Gasteiger partial charge >= 0.3 is 0 Å². The number of hydrogen-bond donors (Lipinski definition) is 1. The molecule has 2 heteroatoms. The number of nitrogens with one attached hydrogen (secondary N) is 1. The van der Waals surface area contributed by atoms with Crippen molar-refractivity contribution in [3.63, 3.8) is 0 Å². The van der Waals surface area contributed by atoms with Gasteiger partial charge < -0.3 is 10.1 Å². The third-order valence-electron chi connectivity index (χ3n) is 1.38. The highest BCUT2D eigenvalue weighted by molar-refractivity contribution is 5.49. The minimum absolute atomic E-state index is 0.682. The third-order valence-corrected chi connectivity index (χ3v) is 1.38. The monoisotopic (exact) mass is 161 g/mol. The van der Waals surface area contributed by atoms with Crippen LogP contribution in [-0.2, 0) is 0 Å². The molecule has 0 aliphatic carbocycles. The van der Waals surface area contributed by atoms with Crippen LogP contribution in [0.15, 0.2) is 24.3 Å². The normalized spacial score (nSPS) is 8.67. The molecule has 62 valence electrons. The van der Waals surface area contributed by atoms with E-state index in [0.717, 1.165) is 11.4 Å². The molecule has 0 bridgehead atoms. The SMILES string of the molecule is C#CNc1ccc(OCC)cc1. The highest BCUT2D eigenvalue weighted by atomic mass is 16.5. The number of terminal acetylenes is 1. The predicted octanol–water partition coefficient (Wildman–Crippen LogP) is 2.09. The van der Waals surface area contributed by atoms with Crippen LogP contribution in [0.1, 0.15) is 6.92 Å². The Morgan fingerprint density at radius 2 is 2.08 bits per heavy atom. The molecule has 0 spiro atoms. The Morgan fingerprint density at radius 1 is 1.42 bits per heavy atom. The van der Waals surface area contributed by atoms with Gasteiger partial charge in [0.05, 0.1) is 6.61 Å². The van der Waals surface area contributed by atoms with Crippen molar-refractivity contribution in [3.05, 3.63) is 24.3 Å². The van der Waals surface area contributed by atoms with Crippen molar-refractivity contribution in [2.24, 2.45) is 0 Å². The number of hydrogen-bond acceptors (Lipinski definition) is 2. The van der Waals surface area contributed by atoms with Gasteiger partial charge in [-0.15, -0.1) is 0 Å². The van der Waals surface area contributed by atoms with Crippen molar-refractivity contribution in [2.45, 2.75) is 6.92 Å². The van der Waals surface area contributed by atoms with Crippen LogP contribution in [0.3, 0.4) is 0 Å². The summed E-state index contributed by atoms with van der Waals surface area (Å²) in [4.78, 5) is 0. The summed E-state index contributed by atoms with van der Waals surface area (Å²) in [6.07, 6.45) is 5.06. The van der Waals surface area contributed by atoms with Crippen LogP contribution in [0.25, 0.3) is 0 Å². The Morgan fingerprint density at radius 3 is 2.58 bits per heavy atom. The summed E-state index contributed by atoms with van der Waals surface area (Å²) in [5.74, 6) is 0.861. The van der Waals surface area contributed by atoms with Crippen LogP contribution in [0, 0.1) is 12.5 Å². The number of rotatable bonds is 3. The maximum Gasteiger partial charge on any atom is 0.119 e. The fourth-order valence-electron chi connectivity index (χ4n) is 0.884. The van der Waals surface area contributed by atoms with Gasteiger partial charge in [0.25, 0.3) is 0 Å². The molecule has 0 radical (unpaired) electrons. The standard InChI is InChI=1S/C10H11NO/c1-3-11-9-5-7-10(8-6-9)12-4-2/h1,5-8,11H,4H2,2H3. The number of benzene rings is 1. The van der Waals surface area contributed by atoms with Gasteiger partial charge in [-0.1, -0.05) is 6.42 Å². The molecule has 1 rings (SSSR count). The van der Waals surface area contributed by atoms with E-state index in [2.05, 4.69) is 11.4 Å². The van der Waals surface area contributed by atoms with E-state index in [0.29, 0.717) is 6.61 Å². The highest BCUT2D eigenvalue weighted by Crippen LogP contribution is 2.14. The lowest BCUT2D eigenvalue weighted by molar-refractivity contribution is 0.340. The van der Waals surface area contributed by atoms with Crippen molar-refractivity contribution < 1.29 is 4.74 Å². The summed E-state index contributed by atoms with van der Waals surface area (Å²) < 4.78 is 5.26. The first-order valence-electron chi connectivity index (χ1n) is 3.81. The Labute approximate surface area is 72.6 Å². The molecular weight excluding hydrogens is 150 g/mol. The molecule has 0 aromatic heterocycles. The van der Waals surface area contributed by atoms with Gasteiger partial charge in [-0.05, 0) is 31.2 Å². The first-order chi connectivity index (χ1) is 5.86. The van der Waals surface area contributed by atoms with Crippen molar-refractivity contribution in [2.75, 3.05) is 11.9 Å². The van der Waals surface area contributed by atoms with Crippen molar-refractivity contribution >= 4 is 5.69 Å². The first-order valence-corrected chi connectivity index (χ1v) is 3.81. The van der Waals surface area contributed by atoms with E-state index in [1.807, 2.05) is 31.2 Å². The van der Waals surface area contributed by atoms with Crippen molar-refractivity contribution in [3.8, 4) is 18.2 Å². The summed E-state index contributed by atoms with van der Waals surface area (Å²) in [5, 5.41) is 2.75. The lowest BCUT2D eigenvalue weighted by Crippen LogP contribution is -1.91. The topological polar surface area (TPSA) is 21.3 Å². The van der Waals surface area contributed by atoms with E-state index in [1.54, 1.807) is 0 Å². The van der Waals surface area contributed by atoms with Gasteiger partial charge in [0.2, 0.25) is 0 Å². The van der Waals surface area contributed by atoms with Gasteiger partial charge in [-0.25, -0.2) is 0 Å². The zero-order chi connectivity index (χ0) is 8.81. The number of anilines is 1. The molecule has 0 aliphatic rings. The van der Waals surface area contributed by atoms with Crippen LogP contribution < -0.4 is 10.1 Å². The van der Waals surface area contributed by atoms with Crippen molar-refractivity contribution in [1.29, 1.82) is 0 Å². The molecule has 0 saturated carbocycles. The molecular formula is C10H11NO. The van der Waals surface area contributed by atoms with Gasteiger partial charge in [0.1, 0.15) is 5.75 Å². The largest absolute Gasteiger partial charge is 0.494 e.